The molecule has 1 aromatic rings. The molecule has 0 aliphatic carbocycles. The molecular weight excluding hydrogens is 282 g/mol. The van der Waals surface area contributed by atoms with Gasteiger partial charge in [-0.1, -0.05) is 0 Å². The third-order valence-electron chi connectivity index (χ3n) is 4.57. The van der Waals surface area contributed by atoms with Gasteiger partial charge < -0.3 is 9.90 Å². The van der Waals surface area contributed by atoms with Gasteiger partial charge in [0.2, 0.25) is 0 Å². The number of amides is 2. The first-order valence-electron chi connectivity index (χ1n) is 7.33. The number of carboxylic acid groups (broad SMARTS) is 1. The number of nitrogens with zero attached hydrogens (tertiary/aromatic N) is 3. The van der Waals surface area contributed by atoms with Crippen LogP contribution in [0.15, 0.2) is 12.1 Å². The lowest BCUT2D eigenvalue weighted by molar-refractivity contribution is -0.309. The van der Waals surface area contributed by atoms with Gasteiger partial charge in [0.05, 0.1) is 11.7 Å². The first kappa shape index (κ1) is 16.4. The van der Waals surface area contributed by atoms with Crippen molar-refractivity contribution < 1.29 is 14.7 Å². The summed E-state index contributed by atoms with van der Waals surface area (Å²) in [6.07, 6.45) is 0. The molecule has 1 aromatic heterocycles. The fraction of sp³-hybridized carbons (Fsp3) is 0.562. The van der Waals surface area contributed by atoms with Crippen LogP contribution in [-0.2, 0) is 4.79 Å². The van der Waals surface area contributed by atoms with E-state index in [1.165, 1.54) is 11.9 Å². The number of carbonyl (C=O) groups excluding carboxylic acids is 2. The van der Waals surface area contributed by atoms with Crippen molar-refractivity contribution in [2.45, 2.75) is 46.2 Å². The third kappa shape index (κ3) is 2.18. The highest BCUT2D eigenvalue weighted by Crippen LogP contribution is 2.40. The summed E-state index contributed by atoms with van der Waals surface area (Å²) in [7, 11) is 1.52. The third-order valence-corrected chi connectivity index (χ3v) is 4.57. The molecule has 1 aliphatic heterocycles. The molecule has 1 aliphatic rings. The summed E-state index contributed by atoms with van der Waals surface area (Å²) >= 11 is 0. The maximum atomic E-state index is 13.0. The Morgan fingerprint density at radius 1 is 1.36 bits per heavy atom. The second kappa shape index (κ2) is 5.05. The fourth-order valence-electron chi connectivity index (χ4n) is 3.30. The second-order valence-electron chi connectivity index (χ2n) is 6.95. The van der Waals surface area contributed by atoms with E-state index in [0.717, 1.165) is 17.1 Å². The summed E-state index contributed by atoms with van der Waals surface area (Å²) in [4.78, 5) is 30.2. The van der Waals surface area contributed by atoms with Crippen molar-refractivity contribution in [2.24, 2.45) is 0 Å². The number of hydrogen-bond acceptors (Lipinski definition) is 4. The molecule has 0 radical (unpaired) electrons. The van der Waals surface area contributed by atoms with Crippen LogP contribution in [0.1, 0.15) is 32.2 Å². The van der Waals surface area contributed by atoms with Gasteiger partial charge in [0.25, 0.3) is 0 Å². The number of aliphatic carboxylic acids is 1. The lowest BCUT2D eigenvalue weighted by atomic mass is 9.99. The predicted molar refractivity (Wildman–Crippen MR) is 82.1 cm³/mol. The van der Waals surface area contributed by atoms with Crippen LogP contribution in [0.2, 0.25) is 0 Å². The molecule has 0 spiro atoms. The van der Waals surface area contributed by atoms with Gasteiger partial charge in [-0.15, -0.1) is 0 Å². The minimum Gasteiger partial charge on any atom is -0.548 e. The highest BCUT2D eigenvalue weighted by Gasteiger charge is 2.59. The van der Waals surface area contributed by atoms with Crippen molar-refractivity contribution in [2.75, 3.05) is 13.6 Å². The summed E-state index contributed by atoms with van der Waals surface area (Å²) in [5, 5.41) is 11.4. The van der Waals surface area contributed by atoms with Crippen LogP contribution >= 0.6 is 0 Å². The average molecular weight is 305 g/mol. The summed E-state index contributed by atoms with van der Waals surface area (Å²) in [6, 6.07) is 2.56. The van der Waals surface area contributed by atoms with Crippen LogP contribution in [0.3, 0.4) is 0 Å². The Kier molecular flexibility index (Phi) is 3.77. The van der Waals surface area contributed by atoms with Gasteiger partial charge in [0.1, 0.15) is 18.1 Å². The first-order chi connectivity index (χ1) is 10.0. The van der Waals surface area contributed by atoms with E-state index in [1.807, 2.05) is 46.8 Å². The van der Waals surface area contributed by atoms with Crippen LogP contribution in [0.5, 0.6) is 0 Å². The number of carboxylic acids is 1. The molecule has 2 rings (SSSR count). The number of aromatic nitrogens is 1. The molecule has 22 heavy (non-hydrogen) atoms. The van der Waals surface area contributed by atoms with Gasteiger partial charge >= 0.3 is 6.03 Å². The lowest BCUT2D eigenvalue weighted by Crippen LogP contribution is -2.64. The van der Waals surface area contributed by atoms with Crippen molar-refractivity contribution in [3.8, 4) is 0 Å². The van der Waals surface area contributed by atoms with Crippen molar-refractivity contribution in [3.05, 3.63) is 23.5 Å². The smallest absolute Gasteiger partial charge is 0.425 e. The van der Waals surface area contributed by atoms with Gasteiger partial charge in [-0.25, -0.2) is 9.28 Å². The molecule has 0 N–H and O–H groups in total. The number of carbonyl (C=O) groups is 2. The van der Waals surface area contributed by atoms with E-state index >= 15 is 0 Å². The predicted octanol–water partition coefficient (Wildman–Crippen LogP) is 0.988. The molecule has 2 unspecified atom stereocenters. The average Bonchev–Trinajstić information content (AvgIpc) is 2.64. The van der Waals surface area contributed by atoms with Gasteiger partial charge in [-0.3, -0.25) is 9.88 Å². The molecule has 120 valence electrons. The Balaban J connectivity index is 2.71. The van der Waals surface area contributed by atoms with Crippen LogP contribution in [-0.4, -0.2) is 47.1 Å². The van der Waals surface area contributed by atoms with E-state index in [9.17, 15) is 14.7 Å². The fourth-order valence-corrected chi connectivity index (χ4v) is 3.30. The molecule has 0 aromatic carbocycles. The highest BCUT2D eigenvalue weighted by molar-refractivity contribution is 5.95. The molecule has 0 bridgehead atoms. The van der Waals surface area contributed by atoms with Gasteiger partial charge in [-0.05, 0) is 40.7 Å². The zero-order valence-electron chi connectivity index (χ0n) is 14.0. The molecule has 2 heterocycles. The Labute approximate surface area is 131 Å². The number of hydrogen-bond donors (Lipinski definition) is 0. The number of rotatable bonds is 2. The van der Waals surface area contributed by atoms with Crippen molar-refractivity contribution in [1.29, 1.82) is 0 Å². The Morgan fingerprint density at radius 2 is 1.95 bits per heavy atom. The molecule has 6 heteroatoms. The number of urea groups is 1. The van der Waals surface area contributed by atoms with Gasteiger partial charge in [0.15, 0.2) is 5.69 Å². The van der Waals surface area contributed by atoms with E-state index in [1.54, 1.807) is 0 Å². The molecular formula is C16H23N3O3. The zero-order chi connectivity index (χ0) is 16.9. The molecule has 6 nitrogen and oxygen atoms in total. The Bertz CT molecular complexity index is 636. The number of quaternary nitrogens is 1. The van der Waals surface area contributed by atoms with Gasteiger partial charge in [0, 0.05) is 18.8 Å². The van der Waals surface area contributed by atoms with Crippen LogP contribution in [0, 0.1) is 13.8 Å². The summed E-state index contributed by atoms with van der Waals surface area (Å²) in [6.45, 7) is 9.71. The normalized spacial score (nSPS) is 25.6. The number of likely N-dealkylation sites (N-methyl/N-ethyl adjacent to an activating group) is 1. The molecule has 1 saturated heterocycles. The van der Waals surface area contributed by atoms with Crippen LogP contribution in [0.25, 0.3) is 0 Å². The van der Waals surface area contributed by atoms with E-state index in [0.29, 0.717) is 0 Å². The largest absolute Gasteiger partial charge is 0.548 e. The zero-order valence-corrected chi connectivity index (χ0v) is 14.0. The maximum Gasteiger partial charge on any atom is 0.425 e. The Morgan fingerprint density at radius 3 is 2.36 bits per heavy atom. The highest BCUT2D eigenvalue weighted by atomic mass is 16.4. The number of aryl methyl sites for hydroxylation is 2. The van der Waals surface area contributed by atoms with E-state index in [2.05, 4.69) is 4.98 Å². The summed E-state index contributed by atoms with van der Waals surface area (Å²) < 4.78 is -0.0682. The minimum atomic E-state index is -1.22. The number of pyridine rings is 1. The quantitative estimate of drug-likeness (QED) is 0.764. The minimum absolute atomic E-state index is 0.0682. The van der Waals surface area contributed by atoms with Crippen molar-refractivity contribution in [1.82, 2.24) is 14.4 Å². The van der Waals surface area contributed by atoms with Crippen LogP contribution in [0.4, 0.5) is 10.5 Å². The van der Waals surface area contributed by atoms with Crippen molar-refractivity contribution >= 4 is 17.7 Å². The molecule has 2 amide bonds. The summed E-state index contributed by atoms with van der Waals surface area (Å²) in [5.74, 6) is -1.22. The molecule has 0 saturated carbocycles. The molecule has 2 atom stereocenters. The SMILES string of the molecule is Cc1ccc([N+]2(C(C)(C)C)CC(C(=O)[O-])N(C)C2=O)c(C)n1. The molecule has 1 fully saturated rings. The van der Waals surface area contributed by atoms with E-state index in [4.69, 9.17) is 0 Å². The standard InChI is InChI=1S/C16H23N3O3/c1-10-7-8-13(11(2)17-10)19(16(3,4)5)9-12(14(20)21)18(6)15(19)22/h7-8,12H,9H2,1-6H3. The van der Waals surface area contributed by atoms with E-state index < -0.39 is 17.6 Å². The monoisotopic (exact) mass is 305 g/mol. The second-order valence-corrected chi connectivity index (χ2v) is 6.95. The van der Waals surface area contributed by atoms with Gasteiger partial charge in [-0.2, -0.15) is 0 Å². The maximum absolute atomic E-state index is 13.0. The van der Waals surface area contributed by atoms with E-state index in [-0.39, 0.29) is 17.1 Å². The first-order valence-corrected chi connectivity index (χ1v) is 7.33. The Hall–Kier alpha value is -1.95. The van der Waals surface area contributed by atoms with Crippen LogP contribution < -0.4 is 9.59 Å². The van der Waals surface area contributed by atoms with Crippen molar-refractivity contribution in [3.63, 3.8) is 0 Å². The topological polar surface area (TPSA) is 73.3 Å². The lowest BCUT2D eigenvalue weighted by Gasteiger charge is -2.42. The summed E-state index contributed by atoms with van der Waals surface area (Å²) in [5.41, 5.74) is 1.86.